The Labute approximate surface area is 178 Å². The van der Waals surface area contributed by atoms with E-state index in [1.54, 1.807) is 42.5 Å². The first kappa shape index (κ1) is 21.3. The first-order valence-electron chi connectivity index (χ1n) is 9.06. The van der Waals surface area contributed by atoms with E-state index in [1.165, 1.54) is 20.2 Å². The average molecular weight is 430 g/mol. The monoisotopic (exact) mass is 429 g/mol. The Morgan fingerprint density at radius 3 is 2.57 bits per heavy atom. The van der Waals surface area contributed by atoms with Crippen LogP contribution in [0.4, 0.5) is 10.5 Å². The predicted octanol–water partition coefficient (Wildman–Crippen LogP) is 1.60. The highest BCUT2D eigenvalue weighted by atomic mass is 35.5. The number of aromatic nitrogens is 1. The summed E-state index contributed by atoms with van der Waals surface area (Å²) in [4.78, 5) is 56.0. The van der Waals surface area contributed by atoms with E-state index in [0.717, 1.165) is 9.80 Å². The Bertz CT molecular complexity index is 1000. The first-order chi connectivity index (χ1) is 14.2. The molecule has 2 aromatic rings. The van der Waals surface area contributed by atoms with E-state index in [4.69, 9.17) is 11.6 Å². The summed E-state index contributed by atoms with van der Waals surface area (Å²) >= 11 is 6.00. The van der Waals surface area contributed by atoms with Crippen LogP contribution in [0.1, 0.15) is 12.6 Å². The van der Waals surface area contributed by atoms with Crippen molar-refractivity contribution in [1.82, 2.24) is 20.1 Å². The molecule has 1 aliphatic heterocycles. The van der Waals surface area contributed by atoms with Crippen LogP contribution in [0.25, 0.3) is 0 Å². The minimum Gasteiger partial charge on any atom is -0.335 e. The maximum atomic E-state index is 12.8. The second kappa shape index (κ2) is 8.50. The molecule has 0 aliphatic carbocycles. The molecular formula is C20H20ClN5O4. The lowest BCUT2D eigenvalue weighted by Gasteiger charge is -2.22. The molecule has 10 heteroatoms. The van der Waals surface area contributed by atoms with Gasteiger partial charge in [0, 0.05) is 13.2 Å². The number of carbonyl (C=O) groups excluding carboxylic acids is 4. The maximum absolute atomic E-state index is 12.8. The molecule has 1 saturated heterocycles. The van der Waals surface area contributed by atoms with Gasteiger partial charge in [0.2, 0.25) is 11.8 Å². The van der Waals surface area contributed by atoms with E-state index < -0.39 is 35.8 Å². The molecular weight excluding hydrogens is 410 g/mol. The summed E-state index contributed by atoms with van der Waals surface area (Å²) in [6, 6.07) is 11.0. The van der Waals surface area contributed by atoms with Gasteiger partial charge in [0.15, 0.2) is 5.54 Å². The molecule has 9 nitrogen and oxygen atoms in total. The SMILES string of the molecule is CN(CC(=O)Nc1ccccc1Cl)C(=O)CN1C(=O)NC(C)(c2ccccn2)C1=O. The number of hydrogen-bond acceptors (Lipinski definition) is 5. The first-order valence-corrected chi connectivity index (χ1v) is 9.44. The van der Waals surface area contributed by atoms with Crippen molar-refractivity contribution in [2.24, 2.45) is 0 Å². The van der Waals surface area contributed by atoms with Crippen molar-refractivity contribution < 1.29 is 19.2 Å². The summed E-state index contributed by atoms with van der Waals surface area (Å²) in [6.07, 6.45) is 1.51. The minimum absolute atomic E-state index is 0.273. The minimum atomic E-state index is -1.36. The predicted molar refractivity (Wildman–Crippen MR) is 110 cm³/mol. The van der Waals surface area contributed by atoms with Crippen LogP contribution in [-0.2, 0) is 19.9 Å². The smallest absolute Gasteiger partial charge is 0.325 e. The molecule has 1 fully saturated rings. The largest absolute Gasteiger partial charge is 0.335 e. The molecule has 1 aromatic heterocycles. The zero-order chi connectivity index (χ0) is 21.9. The third-order valence-corrected chi connectivity index (χ3v) is 5.03. The van der Waals surface area contributed by atoms with Crippen LogP contribution in [0.2, 0.25) is 5.02 Å². The number of benzene rings is 1. The number of para-hydroxylation sites is 1. The number of nitrogens with zero attached hydrogens (tertiary/aromatic N) is 3. The van der Waals surface area contributed by atoms with Gasteiger partial charge in [-0.25, -0.2) is 4.79 Å². The quantitative estimate of drug-likeness (QED) is 0.677. The Hall–Kier alpha value is -3.46. The molecule has 1 aliphatic rings. The third kappa shape index (κ3) is 4.25. The van der Waals surface area contributed by atoms with E-state index in [0.29, 0.717) is 16.4 Å². The number of amides is 5. The normalized spacial score (nSPS) is 18.2. The number of hydrogen-bond donors (Lipinski definition) is 2. The number of halogens is 1. The van der Waals surface area contributed by atoms with E-state index in [9.17, 15) is 19.2 Å². The van der Waals surface area contributed by atoms with Crippen LogP contribution in [0.15, 0.2) is 48.7 Å². The van der Waals surface area contributed by atoms with Crippen molar-refractivity contribution in [3.8, 4) is 0 Å². The number of carbonyl (C=O) groups is 4. The molecule has 1 unspecified atom stereocenters. The fraction of sp³-hybridized carbons (Fsp3) is 0.250. The molecule has 2 N–H and O–H groups in total. The average Bonchev–Trinajstić information content (AvgIpc) is 2.94. The summed E-state index contributed by atoms with van der Waals surface area (Å²) in [5.74, 6) is -1.62. The number of anilines is 1. The van der Waals surface area contributed by atoms with E-state index in [1.807, 2.05) is 0 Å². The van der Waals surface area contributed by atoms with Crippen LogP contribution in [0.3, 0.4) is 0 Å². The van der Waals surface area contributed by atoms with Gasteiger partial charge in [0.05, 0.1) is 22.9 Å². The molecule has 156 valence electrons. The van der Waals surface area contributed by atoms with Crippen LogP contribution in [0, 0.1) is 0 Å². The van der Waals surface area contributed by atoms with E-state index >= 15 is 0 Å². The zero-order valence-corrected chi connectivity index (χ0v) is 17.1. The van der Waals surface area contributed by atoms with Crippen LogP contribution < -0.4 is 10.6 Å². The highest BCUT2D eigenvalue weighted by molar-refractivity contribution is 6.33. The highest BCUT2D eigenvalue weighted by Gasteiger charge is 2.50. The standard InChI is InChI=1S/C20H20ClN5O4/c1-20(15-9-5-6-10-22-15)18(29)26(19(30)24-20)12-17(28)25(2)11-16(27)23-14-8-4-3-7-13(14)21/h3-10H,11-12H2,1-2H3,(H,23,27)(H,24,30). The summed E-state index contributed by atoms with van der Waals surface area (Å²) < 4.78 is 0. The molecule has 0 bridgehead atoms. The Kier molecular flexibility index (Phi) is 6.02. The van der Waals surface area contributed by atoms with Gasteiger partial charge in [-0.1, -0.05) is 29.8 Å². The number of nitrogens with one attached hydrogen (secondary N) is 2. The number of pyridine rings is 1. The molecule has 5 amide bonds. The second-order valence-corrected chi connectivity index (χ2v) is 7.35. The van der Waals surface area contributed by atoms with Crippen LogP contribution >= 0.6 is 11.6 Å². The van der Waals surface area contributed by atoms with Crippen LogP contribution in [0.5, 0.6) is 0 Å². The van der Waals surface area contributed by atoms with Crippen molar-refractivity contribution in [1.29, 1.82) is 0 Å². The van der Waals surface area contributed by atoms with Crippen molar-refractivity contribution >= 4 is 41.0 Å². The zero-order valence-electron chi connectivity index (χ0n) is 16.4. The highest BCUT2D eigenvalue weighted by Crippen LogP contribution is 2.27. The van der Waals surface area contributed by atoms with Crippen molar-refractivity contribution in [2.75, 3.05) is 25.5 Å². The Balaban J connectivity index is 1.62. The molecule has 30 heavy (non-hydrogen) atoms. The molecule has 3 rings (SSSR count). The van der Waals surface area contributed by atoms with Gasteiger partial charge >= 0.3 is 6.03 Å². The molecule has 1 aromatic carbocycles. The van der Waals surface area contributed by atoms with E-state index in [-0.39, 0.29) is 6.54 Å². The lowest BCUT2D eigenvalue weighted by Crippen LogP contribution is -2.45. The maximum Gasteiger partial charge on any atom is 0.325 e. The summed E-state index contributed by atoms with van der Waals surface area (Å²) in [6.45, 7) is 0.759. The van der Waals surface area contributed by atoms with Crippen molar-refractivity contribution in [3.05, 3.63) is 59.4 Å². The number of imide groups is 1. The van der Waals surface area contributed by atoms with Gasteiger partial charge in [0.25, 0.3) is 5.91 Å². The third-order valence-electron chi connectivity index (χ3n) is 4.70. The Morgan fingerprint density at radius 2 is 1.90 bits per heavy atom. The van der Waals surface area contributed by atoms with Gasteiger partial charge in [-0.05, 0) is 31.2 Å². The Morgan fingerprint density at radius 1 is 1.20 bits per heavy atom. The molecule has 0 saturated carbocycles. The van der Waals surface area contributed by atoms with Crippen molar-refractivity contribution in [3.63, 3.8) is 0 Å². The van der Waals surface area contributed by atoms with Gasteiger partial charge in [0.1, 0.15) is 6.54 Å². The lowest BCUT2D eigenvalue weighted by atomic mass is 9.97. The topological polar surface area (TPSA) is 112 Å². The van der Waals surface area contributed by atoms with Gasteiger partial charge in [-0.3, -0.25) is 24.3 Å². The number of likely N-dealkylation sites (N-methyl/N-ethyl adjacent to an activating group) is 1. The van der Waals surface area contributed by atoms with Gasteiger partial charge in [-0.15, -0.1) is 0 Å². The summed E-state index contributed by atoms with van der Waals surface area (Å²) in [7, 11) is 1.41. The summed E-state index contributed by atoms with van der Waals surface area (Å²) in [5, 5.41) is 5.56. The fourth-order valence-corrected chi connectivity index (χ4v) is 3.17. The van der Waals surface area contributed by atoms with Gasteiger partial charge < -0.3 is 15.5 Å². The lowest BCUT2D eigenvalue weighted by molar-refractivity contribution is -0.139. The summed E-state index contributed by atoms with van der Waals surface area (Å²) in [5.41, 5.74) is -0.574. The van der Waals surface area contributed by atoms with Crippen molar-refractivity contribution in [2.45, 2.75) is 12.5 Å². The molecule has 0 spiro atoms. The van der Waals surface area contributed by atoms with Gasteiger partial charge in [-0.2, -0.15) is 0 Å². The molecule has 0 radical (unpaired) electrons. The fourth-order valence-electron chi connectivity index (χ4n) is 2.98. The molecule has 2 heterocycles. The van der Waals surface area contributed by atoms with E-state index in [2.05, 4.69) is 15.6 Å². The van der Waals surface area contributed by atoms with Crippen LogP contribution in [-0.4, -0.2) is 58.7 Å². The molecule has 1 atom stereocenters. The second-order valence-electron chi connectivity index (χ2n) is 6.94. The number of urea groups is 1. The number of rotatable bonds is 6.